The summed E-state index contributed by atoms with van der Waals surface area (Å²) >= 11 is 0. The number of amides is 1. The van der Waals surface area contributed by atoms with Crippen LogP contribution in [0.1, 0.15) is 38.7 Å². The van der Waals surface area contributed by atoms with E-state index in [0.717, 1.165) is 36.7 Å². The average Bonchev–Trinajstić information content (AvgIpc) is 2.60. The van der Waals surface area contributed by atoms with Gasteiger partial charge in [0.15, 0.2) is 0 Å². The van der Waals surface area contributed by atoms with E-state index in [2.05, 4.69) is 13.0 Å². The number of piperidine rings is 1. The van der Waals surface area contributed by atoms with Crippen molar-refractivity contribution in [1.29, 1.82) is 0 Å². The van der Waals surface area contributed by atoms with Crippen LogP contribution < -0.4 is 4.74 Å². The maximum absolute atomic E-state index is 12.2. The zero-order valence-electron chi connectivity index (χ0n) is 13.8. The van der Waals surface area contributed by atoms with Crippen molar-refractivity contribution in [2.75, 3.05) is 13.1 Å². The summed E-state index contributed by atoms with van der Waals surface area (Å²) in [7, 11) is 0. The van der Waals surface area contributed by atoms with Crippen LogP contribution in [0, 0.1) is 6.92 Å². The van der Waals surface area contributed by atoms with E-state index in [4.69, 9.17) is 4.74 Å². The van der Waals surface area contributed by atoms with Gasteiger partial charge in [-0.1, -0.05) is 44.2 Å². The first-order valence-corrected chi connectivity index (χ1v) is 8.21. The molecule has 0 saturated carbocycles. The van der Waals surface area contributed by atoms with E-state index in [1.165, 1.54) is 12.0 Å². The molecule has 1 amide bonds. The van der Waals surface area contributed by atoms with Gasteiger partial charge in [-0.15, -0.1) is 0 Å². The molecule has 0 aromatic heterocycles. The Bertz CT molecular complexity index is 630. The van der Waals surface area contributed by atoms with Gasteiger partial charge in [-0.05, 0) is 43.2 Å². The summed E-state index contributed by atoms with van der Waals surface area (Å²) < 4.78 is 5.61. The zero-order valence-corrected chi connectivity index (χ0v) is 13.8. The van der Waals surface area contributed by atoms with E-state index in [0.29, 0.717) is 5.75 Å². The third-order valence-corrected chi connectivity index (χ3v) is 3.91. The first-order chi connectivity index (χ1) is 10.8. The fourth-order valence-corrected chi connectivity index (χ4v) is 2.75. The summed E-state index contributed by atoms with van der Waals surface area (Å²) in [5, 5.41) is 2.13. The minimum Gasteiger partial charge on any atom is -0.410 e. The monoisotopic (exact) mass is 299 g/mol. The lowest BCUT2D eigenvalue weighted by Crippen LogP contribution is -2.37. The number of ether oxygens (including phenoxy) is 1. The number of fused-ring (bicyclic) bond motifs is 1. The van der Waals surface area contributed by atoms with Gasteiger partial charge in [-0.2, -0.15) is 0 Å². The Morgan fingerprint density at radius 3 is 2.27 bits per heavy atom. The van der Waals surface area contributed by atoms with Gasteiger partial charge >= 0.3 is 6.09 Å². The molecule has 0 bridgehead atoms. The molecule has 2 aromatic rings. The summed E-state index contributed by atoms with van der Waals surface area (Å²) in [6.45, 7) is 7.68. The molecular weight excluding hydrogens is 274 g/mol. The molecule has 0 radical (unpaired) electrons. The van der Waals surface area contributed by atoms with E-state index in [-0.39, 0.29) is 6.09 Å². The third kappa shape index (κ3) is 3.59. The maximum atomic E-state index is 12.2. The van der Waals surface area contributed by atoms with Gasteiger partial charge in [0.25, 0.3) is 0 Å². The fraction of sp³-hybridized carbons (Fsp3) is 0.421. The normalized spacial score (nSPS) is 14.2. The van der Waals surface area contributed by atoms with Gasteiger partial charge in [0.2, 0.25) is 0 Å². The highest BCUT2D eigenvalue weighted by Crippen LogP contribution is 2.28. The van der Waals surface area contributed by atoms with Crippen molar-refractivity contribution in [3.63, 3.8) is 0 Å². The molecule has 3 nitrogen and oxygen atoms in total. The van der Waals surface area contributed by atoms with Crippen LogP contribution in [0.4, 0.5) is 4.79 Å². The average molecular weight is 299 g/mol. The first kappa shape index (κ1) is 16.3. The highest BCUT2D eigenvalue weighted by atomic mass is 16.6. The number of carbonyl (C=O) groups excluding carboxylic acids is 1. The van der Waals surface area contributed by atoms with Gasteiger partial charge in [0.05, 0.1) is 0 Å². The van der Waals surface area contributed by atoms with Crippen LogP contribution >= 0.6 is 0 Å². The molecule has 3 heteroatoms. The summed E-state index contributed by atoms with van der Waals surface area (Å²) in [4.78, 5) is 14.0. The predicted octanol–water partition coefficient (Wildman–Crippen LogP) is 5.16. The van der Waals surface area contributed by atoms with E-state index < -0.39 is 0 Å². The standard InChI is InChI=1S/C17H19NO2.C2H6/c1-13-9-10-16(15-8-4-3-7-14(13)15)20-17(19)18-11-5-2-6-12-18;1-2/h3-4,7-10H,2,5-6,11-12H2,1H3;1-2H3. The number of aryl methyl sites for hydroxylation is 1. The van der Waals surface area contributed by atoms with Crippen molar-refractivity contribution in [1.82, 2.24) is 4.90 Å². The lowest BCUT2D eigenvalue weighted by atomic mass is 10.1. The molecule has 0 atom stereocenters. The molecule has 1 fully saturated rings. The molecule has 22 heavy (non-hydrogen) atoms. The van der Waals surface area contributed by atoms with Gasteiger partial charge in [0.1, 0.15) is 5.75 Å². The predicted molar refractivity (Wildman–Crippen MR) is 91.5 cm³/mol. The third-order valence-electron chi connectivity index (χ3n) is 3.91. The van der Waals surface area contributed by atoms with E-state index >= 15 is 0 Å². The molecule has 2 aromatic carbocycles. The van der Waals surface area contributed by atoms with Crippen molar-refractivity contribution in [2.24, 2.45) is 0 Å². The van der Waals surface area contributed by atoms with Crippen molar-refractivity contribution in [3.8, 4) is 5.75 Å². The summed E-state index contributed by atoms with van der Waals surface area (Å²) in [5.74, 6) is 0.654. The van der Waals surface area contributed by atoms with Crippen LogP contribution in [0.2, 0.25) is 0 Å². The topological polar surface area (TPSA) is 29.5 Å². The number of hydrogen-bond acceptors (Lipinski definition) is 2. The number of hydrogen-bond donors (Lipinski definition) is 0. The lowest BCUT2D eigenvalue weighted by molar-refractivity contribution is 0.143. The molecule has 118 valence electrons. The van der Waals surface area contributed by atoms with Crippen LogP contribution in [0.3, 0.4) is 0 Å². The van der Waals surface area contributed by atoms with E-state index in [1.807, 2.05) is 44.2 Å². The molecule has 0 N–H and O–H groups in total. The van der Waals surface area contributed by atoms with Gasteiger partial charge in [-0.25, -0.2) is 4.79 Å². The zero-order chi connectivity index (χ0) is 15.9. The number of carbonyl (C=O) groups is 1. The Morgan fingerprint density at radius 1 is 0.955 bits per heavy atom. The van der Waals surface area contributed by atoms with Crippen LogP contribution in [-0.2, 0) is 0 Å². The number of likely N-dealkylation sites (tertiary alicyclic amines) is 1. The second-order valence-electron chi connectivity index (χ2n) is 5.34. The van der Waals surface area contributed by atoms with Crippen molar-refractivity contribution >= 4 is 16.9 Å². The quantitative estimate of drug-likeness (QED) is 0.728. The molecule has 1 aliphatic heterocycles. The molecule has 1 heterocycles. The number of rotatable bonds is 1. The lowest BCUT2D eigenvalue weighted by Gasteiger charge is -2.26. The molecule has 1 saturated heterocycles. The highest BCUT2D eigenvalue weighted by molar-refractivity contribution is 5.92. The summed E-state index contributed by atoms with van der Waals surface area (Å²) in [5.41, 5.74) is 1.19. The molecule has 0 aliphatic carbocycles. The molecule has 0 unspecified atom stereocenters. The first-order valence-electron chi connectivity index (χ1n) is 8.21. The Hall–Kier alpha value is -2.03. The van der Waals surface area contributed by atoms with Crippen molar-refractivity contribution < 1.29 is 9.53 Å². The van der Waals surface area contributed by atoms with E-state index in [1.54, 1.807) is 4.90 Å². The van der Waals surface area contributed by atoms with Crippen LogP contribution in [-0.4, -0.2) is 24.1 Å². The number of benzene rings is 2. The summed E-state index contributed by atoms with van der Waals surface area (Å²) in [6.07, 6.45) is 3.13. The fourth-order valence-electron chi connectivity index (χ4n) is 2.75. The van der Waals surface area contributed by atoms with Gasteiger partial charge in [-0.3, -0.25) is 0 Å². The van der Waals surface area contributed by atoms with Crippen molar-refractivity contribution in [3.05, 3.63) is 42.0 Å². The van der Waals surface area contributed by atoms with Gasteiger partial charge < -0.3 is 9.64 Å². The largest absolute Gasteiger partial charge is 0.415 e. The molecule has 1 aliphatic rings. The van der Waals surface area contributed by atoms with Gasteiger partial charge in [0, 0.05) is 18.5 Å². The number of nitrogens with zero attached hydrogens (tertiary/aromatic N) is 1. The molecule has 0 spiro atoms. The Morgan fingerprint density at radius 2 is 1.59 bits per heavy atom. The Balaban J connectivity index is 0.000000847. The van der Waals surface area contributed by atoms with Crippen LogP contribution in [0.15, 0.2) is 36.4 Å². The Kier molecular flexibility index (Phi) is 5.82. The highest BCUT2D eigenvalue weighted by Gasteiger charge is 2.19. The minimum atomic E-state index is -0.223. The maximum Gasteiger partial charge on any atom is 0.415 e. The second kappa shape index (κ2) is 7.83. The van der Waals surface area contributed by atoms with Crippen molar-refractivity contribution in [2.45, 2.75) is 40.0 Å². The SMILES string of the molecule is CC.Cc1ccc(OC(=O)N2CCCCC2)c2ccccc12. The Labute approximate surface area is 132 Å². The molecule has 3 rings (SSSR count). The minimum absolute atomic E-state index is 0.223. The smallest absolute Gasteiger partial charge is 0.410 e. The van der Waals surface area contributed by atoms with Crippen LogP contribution in [0.5, 0.6) is 5.75 Å². The molecular formula is C19H25NO2. The second-order valence-corrected chi connectivity index (χ2v) is 5.34. The van der Waals surface area contributed by atoms with Crippen LogP contribution in [0.25, 0.3) is 10.8 Å². The van der Waals surface area contributed by atoms with E-state index in [9.17, 15) is 4.79 Å². The summed E-state index contributed by atoms with van der Waals surface area (Å²) in [6, 6.07) is 11.9.